The molecule has 0 aromatic heterocycles. The molecule has 0 fully saturated rings. The molecule has 1 nitrogen and oxygen atoms in total. The maximum atomic E-state index is 11.9. The molecule has 1 aliphatic rings. The van der Waals surface area contributed by atoms with Gasteiger partial charge in [-0.15, -0.1) is 11.8 Å². The molecular formula is C25H20OS. The number of rotatable bonds is 5. The van der Waals surface area contributed by atoms with Gasteiger partial charge in [0.15, 0.2) is 6.29 Å². The highest BCUT2D eigenvalue weighted by molar-refractivity contribution is 8.08. The van der Waals surface area contributed by atoms with E-state index < -0.39 is 0 Å². The van der Waals surface area contributed by atoms with E-state index in [1.165, 1.54) is 16.7 Å². The van der Waals surface area contributed by atoms with Crippen LogP contribution in [0.3, 0.4) is 0 Å². The molecule has 3 aromatic rings. The number of carbonyl (C=O) groups is 1. The third-order valence-corrected chi connectivity index (χ3v) is 6.21. The third kappa shape index (κ3) is 3.96. The Labute approximate surface area is 164 Å². The number of allylic oxidation sites excluding steroid dienone is 2. The van der Waals surface area contributed by atoms with Crippen molar-refractivity contribution in [2.45, 2.75) is 11.7 Å². The molecule has 0 bridgehead atoms. The van der Waals surface area contributed by atoms with E-state index in [9.17, 15) is 4.79 Å². The van der Waals surface area contributed by atoms with Crippen molar-refractivity contribution in [1.82, 2.24) is 0 Å². The molecule has 1 aliphatic heterocycles. The van der Waals surface area contributed by atoms with Gasteiger partial charge < -0.3 is 0 Å². The van der Waals surface area contributed by atoms with Crippen LogP contribution in [0.2, 0.25) is 0 Å². The van der Waals surface area contributed by atoms with Gasteiger partial charge in [-0.2, -0.15) is 0 Å². The molecule has 1 atom stereocenters. The Bertz CT molecular complexity index is 973. The lowest BCUT2D eigenvalue weighted by atomic mass is 9.95. The Morgan fingerprint density at radius 3 is 2.00 bits per heavy atom. The summed E-state index contributed by atoms with van der Waals surface area (Å²) in [5.74, 6) is 0. The minimum atomic E-state index is 0.199. The van der Waals surface area contributed by atoms with Crippen molar-refractivity contribution in [2.75, 3.05) is 0 Å². The Morgan fingerprint density at radius 1 is 0.778 bits per heavy atom. The quantitative estimate of drug-likeness (QED) is 0.495. The molecule has 1 heterocycles. The fourth-order valence-corrected chi connectivity index (χ4v) is 4.75. The predicted octanol–water partition coefficient (Wildman–Crippen LogP) is 6.25. The summed E-state index contributed by atoms with van der Waals surface area (Å²) >= 11 is 1.78. The number of thioether (sulfide) groups is 1. The Morgan fingerprint density at radius 2 is 1.37 bits per heavy atom. The summed E-state index contributed by atoms with van der Waals surface area (Å²) in [6.45, 7) is 0. The van der Waals surface area contributed by atoms with Gasteiger partial charge in [-0.05, 0) is 34.8 Å². The second-order valence-corrected chi connectivity index (χ2v) is 7.67. The first-order chi connectivity index (χ1) is 13.3. The minimum absolute atomic E-state index is 0.199. The minimum Gasteiger partial charge on any atom is -0.298 e. The summed E-state index contributed by atoms with van der Waals surface area (Å²) in [4.78, 5) is 12.9. The zero-order valence-electron chi connectivity index (χ0n) is 14.9. The number of benzene rings is 3. The normalized spacial score (nSPS) is 16.7. The van der Waals surface area contributed by atoms with Crippen LogP contribution in [0.4, 0.5) is 0 Å². The summed E-state index contributed by atoms with van der Waals surface area (Å²) in [7, 11) is 0. The SMILES string of the molecule is O=CC1=C(c2ccccc2)S[C@H](c2ccccc2)C(Cc2ccccc2)=C1. The second-order valence-electron chi connectivity index (χ2n) is 6.56. The fourth-order valence-electron chi connectivity index (χ4n) is 3.40. The number of hydrogen-bond donors (Lipinski definition) is 0. The molecule has 0 saturated heterocycles. The molecule has 0 N–H and O–H groups in total. The lowest BCUT2D eigenvalue weighted by Crippen LogP contribution is -2.08. The van der Waals surface area contributed by atoms with Crippen molar-refractivity contribution >= 4 is 23.0 Å². The maximum Gasteiger partial charge on any atom is 0.151 e. The zero-order valence-corrected chi connectivity index (χ0v) is 15.7. The van der Waals surface area contributed by atoms with Crippen LogP contribution in [0.1, 0.15) is 21.9 Å². The van der Waals surface area contributed by atoms with E-state index in [1.807, 2.05) is 30.3 Å². The molecule has 0 unspecified atom stereocenters. The van der Waals surface area contributed by atoms with E-state index in [-0.39, 0.29) is 5.25 Å². The smallest absolute Gasteiger partial charge is 0.151 e. The van der Waals surface area contributed by atoms with Crippen LogP contribution >= 0.6 is 11.8 Å². The van der Waals surface area contributed by atoms with Gasteiger partial charge in [-0.1, -0.05) is 91.0 Å². The highest BCUT2D eigenvalue weighted by Gasteiger charge is 2.26. The van der Waals surface area contributed by atoms with Gasteiger partial charge in [0.2, 0.25) is 0 Å². The third-order valence-electron chi connectivity index (χ3n) is 4.69. The highest BCUT2D eigenvalue weighted by atomic mass is 32.2. The number of hydrogen-bond acceptors (Lipinski definition) is 2. The number of carbonyl (C=O) groups excluding carboxylic acids is 1. The van der Waals surface area contributed by atoms with Crippen LogP contribution in [-0.2, 0) is 11.2 Å². The summed E-state index contributed by atoms with van der Waals surface area (Å²) in [6.07, 6.45) is 3.92. The Balaban J connectivity index is 1.79. The zero-order chi connectivity index (χ0) is 18.5. The van der Waals surface area contributed by atoms with E-state index in [4.69, 9.17) is 0 Å². The van der Waals surface area contributed by atoms with Gasteiger partial charge in [-0.3, -0.25) is 4.79 Å². The van der Waals surface area contributed by atoms with E-state index in [1.54, 1.807) is 11.8 Å². The van der Waals surface area contributed by atoms with E-state index in [0.29, 0.717) is 0 Å². The van der Waals surface area contributed by atoms with Crippen molar-refractivity contribution in [1.29, 1.82) is 0 Å². The monoisotopic (exact) mass is 368 g/mol. The Hall–Kier alpha value is -2.84. The molecule has 0 aliphatic carbocycles. The largest absolute Gasteiger partial charge is 0.298 e. The standard InChI is InChI=1S/C25H20OS/c26-18-23-17-22(16-19-10-4-1-5-11-19)24(20-12-6-2-7-13-20)27-25(23)21-14-8-3-9-15-21/h1-15,17-18,24H,16H2/t24-/m1/s1. The average Bonchev–Trinajstić information content (AvgIpc) is 2.75. The molecular weight excluding hydrogens is 348 g/mol. The first kappa shape index (κ1) is 17.6. The molecule has 0 spiro atoms. The summed E-state index contributed by atoms with van der Waals surface area (Å²) in [6, 6.07) is 31.2. The average molecular weight is 369 g/mol. The summed E-state index contributed by atoms with van der Waals surface area (Å²) in [5.41, 5.74) is 5.66. The molecule has 132 valence electrons. The Kier molecular flexibility index (Phi) is 5.36. The van der Waals surface area contributed by atoms with Gasteiger partial charge in [-0.25, -0.2) is 0 Å². The lowest BCUT2D eigenvalue weighted by molar-refractivity contribution is -0.104. The van der Waals surface area contributed by atoms with Crippen molar-refractivity contribution in [3.63, 3.8) is 0 Å². The topological polar surface area (TPSA) is 17.1 Å². The first-order valence-corrected chi connectivity index (χ1v) is 9.94. The summed E-state index contributed by atoms with van der Waals surface area (Å²) < 4.78 is 0. The van der Waals surface area contributed by atoms with Gasteiger partial charge in [0.1, 0.15) is 0 Å². The van der Waals surface area contributed by atoms with Gasteiger partial charge in [0.05, 0.1) is 5.25 Å². The van der Waals surface area contributed by atoms with Crippen LogP contribution in [0.15, 0.2) is 108 Å². The summed E-state index contributed by atoms with van der Waals surface area (Å²) in [5, 5.41) is 0.199. The predicted molar refractivity (Wildman–Crippen MR) is 114 cm³/mol. The molecule has 0 saturated carbocycles. The van der Waals surface area contributed by atoms with Crippen LogP contribution in [0.5, 0.6) is 0 Å². The van der Waals surface area contributed by atoms with Crippen LogP contribution in [-0.4, -0.2) is 6.29 Å². The van der Waals surface area contributed by atoms with Crippen molar-refractivity contribution in [3.05, 3.63) is 125 Å². The molecule has 0 amide bonds. The first-order valence-electron chi connectivity index (χ1n) is 9.06. The van der Waals surface area contributed by atoms with Crippen molar-refractivity contribution < 1.29 is 4.79 Å². The molecule has 3 aromatic carbocycles. The molecule has 4 rings (SSSR count). The molecule has 27 heavy (non-hydrogen) atoms. The lowest BCUT2D eigenvalue weighted by Gasteiger charge is -2.27. The van der Waals surface area contributed by atoms with E-state index >= 15 is 0 Å². The van der Waals surface area contributed by atoms with Crippen LogP contribution in [0.25, 0.3) is 4.91 Å². The highest BCUT2D eigenvalue weighted by Crippen LogP contribution is 2.49. The van der Waals surface area contributed by atoms with E-state index in [2.05, 4.69) is 66.7 Å². The van der Waals surface area contributed by atoms with Crippen molar-refractivity contribution in [2.24, 2.45) is 0 Å². The van der Waals surface area contributed by atoms with Gasteiger partial charge in [0.25, 0.3) is 0 Å². The molecule has 0 radical (unpaired) electrons. The second kappa shape index (κ2) is 8.24. The molecule has 2 heteroatoms. The van der Waals surface area contributed by atoms with Crippen molar-refractivity contribution in [3.8, 4) is 0 Å². The maximum absolute atomic E-state index is 11.9. The fraction of sp³-hybridized carbons (Fsp3) is 0.0800. The number of aldehydes is 1. The van der Waals surface area contributed by atoms with Crippen LogP contribution in [0, 0.1) is 0 Å². The van der Waals surface area contributed by atoms with Gasteiger partial charge >= 0.3 is 0 Å². The van der Waals surface area contributed by atoms with E-state index in [0.717, 1.165) is 28.7 Å². The van der Waals surface area contributed by atoms with Gasteiger partial charge in [0, 0.05) is 10.5 Å². The van der Waals surface area contributed by atoms with Crippen LogP contribution < -0.4 is 0 Å².